The number of Topliss-reactive ketones (excluding diaryl/α,β-unsaturated/α-hetero) is 1. The van der Waals surface area contributed by atoms with Crippen molar-refractivity contribution in [2.75, 3.05) is 6.61 Å². The van der Waals surface area contributed by atoms with Crippen LogP contribution in [0, 0.1) is 12.7 Å². The van der Waals surface area contributed by atoms with Gasteiger partial charge in [-0.05, 0) is 25.5 Å². The second-order valence-corrected chi connectivity index (χ2v) is 3.44. The average molecular weight is 242 g/mol. The summed E-state index contributed by atoms with van der Waals surface area (Å²) in [7, 11) is 0. The van der Waals surface area contributed by atoms with Gasteiger partial charge >= 0.3 is 5.97 Å². The molecule has 0 fully saturated rings. The van der Waals surface area contributed by atoms with E-state index in [1.807, 2.05) is 0 Å². The van der Waals surface area contributed by atoms with Crippen LogP contribution in [0.25, 0.3) is 0 Å². The van der Waals surface area contributed by atoms with Crippen LogP contribution in [0.15, 0.2) is 18.2 Å². The smallest absolute Gasteiger partial charge is 0.348 e. The number of esters is 1. The van der Waals surface area contributed by atoms with Crippen LogP contribution in [0.3, 0.4) is 0 Å². The number of aryl methyl sites for hydroxylation is 1. The van der Waals surface area contributed by atoms with E-state index < -0.39 is 23.7 Å². The summed E-state index contributed by atoms with van der Waals surface area (Å²) in [5.41, 5.74) is 0.154. The normalized spacial score (nSPS) is 12.0. The van der Waals surface area contributed by atoms with E-state index in [4.69, 9.17) is 0 Å². The third-order valence-corrected chi connectivity index (χ3v) is 2.18. The Bertz CT molecular complexity index is 443. The highest BCUT2D eigenvalue weighted by molar-refractivity contribution is 6.11. The van der Waals surface area contributed by atoms with Crippen molar-refractivity contribution in [2.24, 2.45) is 0 Å². The number of alkyl halides is 1. The zero-order chi connectivity index (χ0) is 13.0. The van der Waals surface area contributed by atoms with Gasteiger partial charge in [-0.3, -0.25) is 4.79 Å². The number of benzene rings is 1. The maximum Gasteiger partial charge on any atom is 0.348 e. The molecule has 0 spiro atoms. The Morgan fingerprint density at radius 3 is 2.59 bits per heavy atom. The number of ether oxygens (including phenoxy) is 1. The van der Waals surface area contributed by atoms with Crippen LogP contribution in [0.5, 0.6) is 0 Å². The second-order valence-electron chi connectivity index (χ2n) is 3.44. The van der Waals surface area contributed by atoms with Gasteiger partial charge in [0.1, 0.15) is 5.82 Å². The fourth-order valence-corrected chi connectivity index (χ4v) is 1.21. The average Bonchev–Trinajstić information content (AvgIpc) is 2.31. The van der Waals surface area contributed by atoms with Crippen molar-refractivity contribution in [3.63, 3.8) is 0 Å². The van der Waals surface area contributed by atoms with Gasteiger partial charge in [0.2, 0.25) is 5.78 Å². The van der Waals surface area contributed by atoms with Crippen LogP contribution in [-0.2, 0) is 9.53 Å². The first-order chi connectivity index (χ1) is 7.97. The predicted octanol–water partition coefficient (Wildman–Crippen LogP) is 2.22. The van der Waals surface area contributed by atoms with Gasteiger partial charge in [0, 0.05) is 5.56 Å². The van der Waals surface area contributed by atoms with E-state index in [-0.39, 0.29) is 12.2 Å². The van der Waals surface area contributed by atoms with Crippen LogP contribution in [0.1, 0.15) is 22.8 Å². The summed E-state index contributed by atoms with van der Waals surface area (Å²) in [6.07, 6.45) is -2.41. The lowest BCUT2D eigenvalue weighted by atomic mass is 10.1. The van der Waals surface area contributed by atoms with Crippen molar-refractivity contribution in [3.8, 4) is 0 Å². The van der Waals surface area contributed by atoms with Crippen molar-refractivity contribution < 1.29 is 23.1 Å². The Morgan fingerprint density at radius 2 is 2.06 bits per heavy atom. The van der Waals surface area contributed by atoms with Crippen LogP contribution >= 0.6 is 0 Å². The molecule has 0 aliphatic heterocycles. The summed E-state index contributed by atoms with van der Waals surface area (Å²) in [5.74, 6) is -2.97. The van der Waals surface area contributed by atoms with Gasteiger partial charge in [-0.2, -0.15) is 0 Å². The van der Waals surface area contributed by atoms with E-state index in [0.29, 0.717) is 5.56 Å². The molecule has 17 heavy (non-hydrogen) atoms. The molecule has 1 atom stereocenters. The predicted molar refractivity (Wildman–Crippen MR) is 57.0 cm³/mol. The van der Waals surface area contributed by atoms with Gasteiger partial charge in [-0.1, -0.05) is 12.1 Å². The zero-order valence-electron chi connectivity index (χ0n) is 9.50. The molecule has 0 aliphatic carbocycles. The number of hydrogen-bond acceptors (Lipinski definition) is 3. The Morgan fingerprint density at radius 1 is 1.41 bits per heavy atom. The molecule has 92 valence electrons. The quantitative estimate of drug-likeness (QED) is 0.462. The van der Waals surface area contributed by atoms with Crippen molar-refractivity contribution >= 4 is 11.8 Å². The lowest BCUT2D eigenvalue weighted by Gasteiger charge is -2.07. The Balaban J connectivity index is 2.89. The molecule has 1 rings (SSSR count). The molecule has 0 saturated heterocycles. The number of rotatable bonds is 4. The lowest BCUT2D eigenvalue weighted by molar-refractivity contribution is -0.147. The van der Waals surface area contributed by atoms with Gasteiger partial charge in [0.25, 0.3) is 6.17 Å². The monoisotopic (exact) mass is 242 g/mol. The highest BCUT2D eigenvalue weighted by Gasteiger charge is 2.28. The minimum atomic E-state index is -2.41. The van der Waals surface area contributed by atoms with E-state index in [9.17, 15) is 18.4 Å². The van der Waals surface area contributed by atoms with Gasteiger partial charge in [0.05, 0.1) is 6.61 Å². The summed E-state index contributed by atoms with van der Waals surface area (Å²) in [6, 6.07) is 3.52. The Kier molecular flexibility index (Phi) is 4.31. The maximum absolute atomic E-state index is 13.3. The van der Waals surface area contributed by atoms with Crippen molar-refractivity contribution in [1.82, 2.24) is 0 Å². The van der Waals surface area contributed by atoms with Crippen molar-refractivity contribution in [3.05, 3.63) is 35.1 Å². The highest BCUT2D eigenvalue weighted by Crippen LogP contribution is 2.13. The third-order valence-electron chi connectivity index (χ3n) is 2.18. The molecule has 0 heterocycles. The van der Waals surface area contributed by atoms with Gasteiger partial charge in [-0.15, -0.1) is 0 Å². The van der Waals surface area contributed by atoms with Crippen LogP contribution < -0.4 is 0 Å². The van der Waals surface area contributed by atoms with Gasteiger partial charge < -0.3 is 4.74 Å². The highest BCUT2D eigenvalue weighted by atomic mass is 19.1. The number of carbonyl (C=O) groups excluding carboxylic acids is 2. The fraction of sp³-hybridized carbons (Fsp3) is 0.333. The molecular formula is C12H12F2O3. The SMILES string of the molecule is CCOC(=O)C(F)C(=O)c1ccc(C)c(F)c1. The first-order valence-corrected chi connectivity index (χ1v) is 5.08. The zero-order valence-corrected chi connectivity index (χ0v) is 9.50. The molecule has 1 aromatic carbocycles. The number of hydrogen-bond donors (Lipinski definition) is 0. The number of carbonyl (C=O) groups is 2. The summed E-state index contributed by atoms with van der Waals surface area (Å²) < 4.78 is 30.9. The van der Waals surface area contributed by atoms with Crippen molar-refractivity contribution in [1.29, 1.82) is 0 Å². The lowest BCUT2D eigenvalue weighted by Crippen LogP contribution is -2.28. The molecule has 0 aliphatic rings. The number of halogens is 2. The summed E-state index contributed by atoms with van der Waals surface area (Å²) in [4.78, 5) is 22.5. The van der Waals surface area contributed by atoms with E-state index in [0.717, 1.165) is 6.07 Å². The largest absolute Gasteiger partial charge is 0.463 e. The van der Waals surface area contributed by atoms with Crippen LogP contribution in [0.4, 0.5) is 8.78 Å². The van der Waals surface area contributed by atoms with E-state index in [1.165, 1.54) is 26.0 Å². The summed E-state index contributed by atoms with van der Waals surface area (Å²) in [6.45, 7) is 3.00. The van der Waals surface area contributed by atoms with Crippen LogP contribution in [-0.4, -0.2) is 24.5 Å². The Labute approximate surface area is 97.4 Å². The third kappa shape index (κ3) is 3.09. The first-order valence-electron chi connectivity index (χ1n) is 5.08. The summed E-state index contributed by atoms with van der Waals surface area (Å²) in [5, 5.41) is 0. The van der Waals surface area contributed by atoms with E-state index in [1.54, 1.807) is 0 Å². The Hall–Kier alpha value is -1.78. The molecule has 0 saturated carbocycles. The molecule has 3 nitrogen and oxygen atoms in total. The second kappa shape index (κ2) is 5.52. The molecule has 1 aromatic rings. The topological polar surface area (TPSA) is 43.4 Å². The van der Waals surface area contributed by atoms with E-state index in [2.05, 4.69) is 4.74 Å². The minimum absolute atomic E-state index is 0.0191. The van der Waals surface area contributed by atoms with E-state index >= 15 is 0 Å². The molecule has 0 aromatic heterocycles. The van der Waals surface area contributed by atoms with Gasteiger partial charge in [0.15, 0.2) is 0 Å². The van der Waals surface area contributed by atoms with Gasteiger partial charge in [-0.25, -0.2) is 13.6 Å². The molecule has 1 unspecified atom stereocenters. The van der Waals surface area contributed by atoms with Crippen molar-refractivity contribution in [2.45, 2.75) is 20.0 Å². The molecular weight excluding hydrogens is 230 g/mol. The minimum Gasteiger partial charge on any atom is -0.463 e. The molecule has 0 amide bonds. The standard InChI is InChI=1S/C12H12F2O3/c1-3-17-12(16)10(14)11(15)8-5-4-7(2)9(13)6-8/h4-6,10H,3H2,1-2H3. The molecule has 0 radical (unpaired) electrons. The summed E-state index contributed by atoms with van der Waals surface area (Å²) >= 11 is 0. The number of ketones is 1. The first kappa shape index (κ1) is 13.3. The fourth-order valence-electron chi connectivity index (χ4n) is 1.21. The molecule has 5 heteroatoms. The molecule has 0 N–H and O–H groups in total. The maximum atomic E-state index is 13.3. The van der Waals surface area contributed by atoms with Crippen LogP contribution in [0.2, 0.25) is 0 Å². The molecule has 0 bridgehead atoms.